The zero-order valence-electron chi connectivity index (χ0n) is 21.3. The van der Waals surface area contributed by atoms with Crippen LogP contribution in [0.4, 0.5) is 11.5 Å². The smallest absolute Gasteiger partial charge is 0.262 e. The largest absolute Gasteiger partial charge is 0.484 e. The van der Waals surface area contributed by atoms with Crippen LogP contribution in [0.15, 0.2) is 91.0 Å². The van der Waals surface area contributed by atoms with Crippen molar-refractivity contribution in [3.8, 4) is 17.0 Å². The topological polar surface area (TPSA) is 84.4 Å². The van der Waals surface area contributed by atoms with E-state index < -0.39 is 0 Å². The van der Waals surface area contributed by atoms with Gasteiger partial charge in [0, 0.05) is 35.5 Å². The summed E-state index contributed by atoms with van der Waals surface area (Å²) in [5.74, 6) is 1.83. The van der Waals surface area contributed by atoms with E-state index in [1.165, 1.54) is 12.8 Å². The minimum Gasteiger partial charge on any atom is -0.484 e. The van der Waals surface area contributed by atoms with Crippen LogP contribution in [0.1, 0.15) is 35.7 Å². The average molecular weight is 507 g/mol. The molecule has 0 unspecified atom stereocenters. The Hall–Kier alpha value is -4.52. The van der Waals surface area contributed by atoms with E-state index in [1.807, 2.05) is 54.6 Å². The first kappa shape index (κ1) is 25.1. The van der Waals surface area contributed by atoms with Crippen LogP contribution in [-0.4, -0.2) is 41.6 Å². The van der Waals surface area contributed by atoms with Gasteiger partial charge in [-0.25, -0.2) is 0 Å². The summed E-state index contributed by atoms with van der Waals surface area (Å²) >= 11 is 0. The molecule has 0 aliphatic carbocycles. The molecule has 7 heteroatoms. The summed E-state index contributed by atoms with van der Waals surface area (Å²) in [6.45, 7) is 4.15. The third kappa shape index (κ3) is 6.24. The Bertz CT molecular complexity index is 1380. The summed E-state index contributed by atoms with van der Waals surface area (Å²) in [6.07, 6.45) is 2.35. The van der Waals surface area contributed by atoms with Gasteiger partial charge in [-0.2, -0.15) is 0 Å². The Morgan fingerprint density at radius 1 is 0.868 bits per heavy atom. The highest BCUT2D eigenvalue weighted by molar-refractivity contribution is 6.09. The molecule has 1 N–H and O–H groups in total. The number of ketones is 1. The number of carbonyl (C=O) groups is 2. The Morgan fingerprint density at radius 3 is 2.32 bits per heavy atom. The third-order valence-electron chi connectivity index (χ3n) is 6.72. The van der Waals surface area contributed by atoms with Crippen LogP contribution in [0.3, 0.4) is 0 Å². The fourth-order valence-corrected chi connectivity index (χ4v) is 4.45. The molecule has 0 spiro atoms. The van der Waals surface area contributed by atoms with Crippen LogP contribution in [0.2, 0.25) is 0 Å². The number of nitrogens with zero attached hydrogens (tertiary/aromatic N) is 3. The van der Waals surface area contributed by atoms with E-state index in [0.717, 1.165) is 36.1 Å². The van der Waals surface area contributed by atoms with Crippen molar-refractivity contribution in [2.75, 3.05) is 29.9 Å². The molecule has 0 saturated carbocycles. The zero-order valence-corrected chi connectivity index (χ0v) is 21.3. The van der Waals surface area contributed by atoms with Crippen molar-refractivity contribution in [2.24, 2.45) is 5.92 Å². The number of hydrogen-bond acceptors (Lipinski definition) is 6. The summed E-state index contributed by atoms with van der Waals surface area (Å²) in [4.78, 5) is 27.3. The number of piperidine rings is 1. The van der Waals surface area contributed by atoms with Gasteiger partial charge in [0.15, 0.2) is 18.2 Å². The van der Waals surface area contributed by atoms with Crippen LogP contribution in [-0.2, 0) is 4.79 Å². The Balaban J connectivity index is 1.15. The Labute approximate surface area is 222 Å². The van der Waals surface area contributed by atoms with E-state index in [9.17, 15) is 9.59 Å². The molecular weight excluding hydrogens is 476 g/mol. The van der Waals surface area contributed by atoms with E-state index in [2.05, 4.69) is 27.3 Å². The number of amides is 1. The predicted octanol–water partition coefficient (Wildman–Crippen LogP) is 5.63. The minimum absolute atomic E-state index is 0.0600. The van der Waals surface area contributed by atoms with E-state index in [1.54, 1.807) is 36.4 Å². The highest BCUT2D eigenvalue weighted by atomic mass is 16.5. The quantitative estimate of drug-likeness (QED) is 0.312. The average Bonchev–Trinajstić information content (AvgIpc) is 2.97. The van der Waals surface area contributed by atoms with Crippen molar-refractivity contribution >= 4 is 23.2 Å². The molecule has 0 radical (unpaired) electrons. The van der Waals surface area contributed by atoms with Crippen molar-refractivity contribution in [3.05, 3.63) is 102 Å². The molecule has 1 fully saturated rings. The standard InChI is InChI=1S/C31H30N4O3/c1-22-16-18-35(19-17-22)29-15-14-28(33-34-29)25-8-5-9-26(20-25)32-30(36)21-38-27-12-10-24(11-13-27)31(37)23-6-3-2-4-7-23/h2-15,20,22H,16-19,21H2,1H3,(H,32,36). The van der Waals surface area contributed by atoms with Gasteiger partial charge in [0.05, 0.1) is 5.69 Å². The maximum atomic E-state index is 12.5. The first-order chi connectivity index (χ1) is 18.5. The van der Waals surface area contributed by atoms with Gasteiger partial charge in [0.1, 0.15) is 5.75 Å². The molecule has 5 rings (SSSR count). The van der Waals surface area contributed by atoms with Gasteiger partial charge in [-0.05, 0) is 67.3 Å². The normalized spacial score (nSPS) is 13.7. The monoisotopic (exact) mass is 506 g/mol. The number of carbonyl (C=O) groups excluding carboxylic acids is 2. The second-order valence-corrected chi connectivity index (χ2v) is 9.58. The third-order valence-corrected chi connectivity index (χ3v) is 6.72. The molecule has 192 valence electrons. The first-order valence-electron chi connectivity index (χ1n) is 12.9. The lowest BCUT2D eigenvalue weighted by Gasteiger charge is -2.30. The summed E-state index contributed by atoms with van der Waals surface area (Å²) in [6, 6.07) is 27.4. The fourth-order valence-electron chi connectivity index (χ4n) is 4.45. The molecule has 38 heavy (non-hydrogen) atoms. The molecule has 1 aliphatic rings. The molecule has 2 heterocycles. The Morgan fingerprint density at radius 2 is 1.61 bits per heavy atom. The number of benzene rings is 3. The van der Waals surface area contributed by atoms with Gasteiger partial charge in [-0.3, -0.25) is 9.59 Å². The van der Waals surface area contributed by atoms with Gasteiger partial charge in [0.2, 0.25) is 0 Å². The number of hydrogen-bond donors (Lipinski definition) is 1. The highest BCUT2D eigenvalue weighted by Gasteiger charge is 2.17. The summed E-state index contributed by atoms with van der Waals surface area (Å²) in [7, 11) is 0. The van der Waals surface area contributed by atoms with E-state index in [0.29, 0.717) is 22.6 Å². The Kier molecular flexibility index (Phi) is 7.73. The summed E-state index contributed by atoms with van der Waals surface area (Å²) < 4.78 is 5.62. The molecule has 1 amide bonds. The predicted molar refractivity (Wildman–Crippen MR) is 149 cm³/mol. The van der Waals surface area contributed by atoms with Crippen LogP contribution in [0.5, 0.6) is 5.75 Å². The number of anilines is 2. The second-order valence-electron chi connectivity index (χ2n) is 9.58. The number of nitrogens with one attached hydrogen (secondary N) is 1. The molecule has 4 aromatic rings. The van der Waals surface area contributed by atoms with Gasteiger partial charge in [0.25, 0.3) is 5.91 Å². The number of aromatic nitrogens is 2. The molecule has 3 aromatic carbocycles. The van der Waals surface area contributed by atoms with Crippen LogP contribution >= 0.6 is 0 Å². The number of ether oxygens (including phenoxy) is 1. The second kappa shape index (κ2) is 11.7. The van der Waals surface area contributed by atoms with E-state index in [-0.39, 0.29) is 18.3 Å². The SMILES string of the molecule is CC1CCN(c2ccc(-c3cccc(NC(=O)COc4ccc(C(=O)c5ccccc5)cc4)c3)nn2)CC1. The summed E-state index contributed by atoms with van der Waals surface area (Å²) in [5, 5.41) is 11.7. The molecule has 0 atom stereocenters. The van der Waals surface area contributed by atoms with Crippen molar-refractivity contribution in [3.63, 3.8) is 0 Å². The van der Waals surface area contributed by atoms with Gasteiger partial charge in [-0.15, -0.1) is 10.2 Å². The van der Waals surface area contributed by atoms with Crippen LogP contribution in [0.25, 0.3) is 11.3 Å². The summed E-state index contributed by atoms with van der Waals surface area (Å²) in [5.41, 5.74) is 3.45. The van der Waals surface area contributed by atoms with Crippen molar-refractivity contribution in [1.29, 1.82) is 0 Å². The molecule has 1 saturated heterocycles. The van der Waals surface area contributed by atoms with Gasteiger partial charge < -0.3 is 15.0 Å². The molecular formula is C31H30N4O3. The lowest BCUT2D eigenvalue weighted by Crippen LogP contribution is -2.33. The molecule has 7 nitrogen and oxygen atoms in total. The fraction of sp³-hybridized carbons (Fsp3) is 0.226. The van der Waals surface area contributed by atoms with Crippen molar-refractivity contribution in [1.82, 2.24) is 10.2 Å². The maximum Gasteiger partial charge on any atom is 0.262 e. The molecule has 0 bridgehead atoms. The van der Waals surface area contributed by atoms with Gasteiger partial charge >= 0.3 is 0 Å². The zero-order chi connectivity index (χ0) is 26.3. The van der Waals surface area contributed by atoms with E-state index >= 15 is 0 Å². The lowest BCUT2D eigenvalue weighted by molar-refractivity contribution is -0.118. The van der Waals surface area contributed by atoms with Crippen LogP contribution in [0, 0.1) is 5.92 Å². The molecule has 1 aliphatic heterocycles. The van der Waals surface area contributed by atoms with Crippen molar-refractivity contribution < 1.29 is 14.3 Å². The molecule has 1 aromatic heterocycles. The van der Waals surface area contributed by atoms with Crippen LogP contribution < -0.4 is 15.0 Å². The maximum absolute atomic E-state index is 12.5. The minimum atomic E-state index is -0.285. The number of rotatable bonds is 8. The van der Waals surface area contributed by atoms with E-state index in [4.69, 9.17) is 4.74 Å². The first-order valence-corrected chi connectivity index (χ1v) is 12.9. The lowest BCUT2D eigenvalue weighted by atomic mass is 9.99. The van der Waals surface area contributed by atoms with Gasteiger partial charge in [-0.1, -0.05) is 49.4 Å². The van der Waals surface area contributed by atoms with Crippen molar-refractivity contribution in [2.45, 2.75) is 19.8 Å². The highest BCUT2D eigenvalue weighted by Crippen LogP contribution is 2.24.